The highest BCUT2D eigenvalue weighted by Crippen LogP contribution is 2.14. The van der Waals surface area contributed by atoms with Crippen molar-refractivity contribution in [3.63, 3.8) is 0 Å². The average Bonchev–Trinajstić information content (AvgIpc) is 2.78. The van der Waals surface area contributed by atoms with E-state index in [1.807, 2.05) is 30.3 Å². The minimum absolute atomic E-state index is 0.0600. The minimum Gasteiger partial charge on any atom is -0.463 e. The fourth-order valence-corrected chi connectivity index (χ4v) is 1.82. The normalized spacial score (nSPS) is 21.8. The first-order valence-corrected chi connectivity index (χ1v) is 5.95. The first-order chi connectivity index (χ1) is 9.20. The van der Waals surface area contributed by atoms with Crippen molar-refractivity contribution in [3.8, 4) is 0 Å². The molecule has 2 N–H and O–H groups in total. The molecule has 1 saturated heterocycles. The maximum atomic E-state index is 11.6. The molecule has 0 aliphatic carbocycles. The lowest BCUT2D eigenvalue weighted by Crippen LogP contribution is -2.42. The van der Waals surface area contributed by atoms with E-state index in [9.17, 15) is 9.59 Å². The molecular weight excluding hydrogens is 250 g/mol. The Labute approximate surface area is 110 Å². The van der Waals surface area contributed by atoms with Crippen LogP contribution in [0.15, 0.2) is 30.3 Å². The number of amides is 1. The Morgan fingerprint density at radius 3 is 2.84 bits per heavy atom. The lowest BCUT2D eigenvalue weighted by Gasteiger charge is -2.14. The van der Waals surface area contributed by atoms with Gasteiger partial charge in [0.25, 0.3) is 0 Å². The van der Waals surface area contributed by atoms with Crippen molar-refractivity contribution in [3.05, 3.63) is 35.9 Å². The lowest BCUT2D eigenvalue weighted by atomic mass is 10.1. The van der Waals surface area contributed by atoms with Crippen LogP contribution in [0.3, 0.4) is 0 Å². The second-order valence-electron chi connectivity index (χ2n) is 4.23. The Kier molecular flexibility index (Phi) is 4.35. The van der Waals surface area contributed by atoms with Gasteiger partial charge in [0, 0.05) is 0 Å². The van der Waals surface area contributed by atoms with E-state index in [1.54, 1.807) is 0 Å². The number of cyclic esters (lactones) is 1. The second kappa shape index (κ2) is 6.19. The first-order valence-electron chi connectivity index (χ1n) is 5.95. The molecule has 1 heterocycles. The van der Waals surface area contributed by atoms with Gasteiger partial charge in [-0.2, -0.15) is 0 Å². The third kappa shape index (κ3) is 3.45. The van der Waals surface area contributed by atoms with Crippen molar-refractivity contribution in [1.82, 2.24) is 5.32 Å². The molecule has 6 nitrogen and oxygen atoms in total. The van der Waals surface area contributed by atoms with Gasteiger partial charge in [-0.1, -0.05) is 30.3 Å². The number of aliphatic hydroxyl groups excluding tert-OH is 1. The molecule has 1 aliphatic heterocycles. The van der Waals surface area contributed by atoms with Crippen LogP contribution in [0.5, 0.6) is 0 Å². The SMILES string of the molecule is O=C(N[C@@H]1COC(=O)[C@H]1CO)OCc1ccccc1. The molecule has 1 aromatic rings. The molecule has 1 aromatic carbocycles. The molecule has 1 amide bonds. The van der Waals surface area contributed by atoms with E-state index in [0.29, 0.717) is 0 Å². The van der Waals surface area contributed by atoms with Gasteiger partial charge in [0.2, 0.25) is 0 Å². The summed E-state index contributed by atoms with van der Waals surface area (Å²) in [6.45, 7) is -0.148. The number of nitrogens with one attached hydrogen (secondary N) is 1. The van der Waals surface area contributed by atoms with Crippen molar-refractivity contribution in [1.29, 1.82) is 0 Å². The van der Waals surface area contributed by atoms with Crippen molar-refractivity contribution in [2.45, 2.75) is 12.6 Å². The summed E-state index contributed by atoms with van der Waals surface area (Å²) < 4.78 is 9.78. The van der Waals surface area contributed by atoms with E-state index in [2.05, 4.69) is 5.32 Å². The molecule has 2 rings (SSSR count). The summed E-state index contributed by atoms with van der Waals surface area (Å²) in [7, 11) is 0. The summed E-state index contributed by atoms with van der Waals surface area (Å²) in [4.78, 5) is 22.8. The summed E-state index contributed by atoms with van der Waals surface area (Å²) >= 11 is 0. The van der Waals surface area contributed by atoms with E-state index in [-0.39, 0.29) is 19.8 Å². The number of aliphatic hydroxyl groups is 1. The van der Waals surface area contributed by atoms with Crippen LogP contribution in [-0.4, -0.2) is 36.4 Å². The zero-order chi connectivity index (χ0) is 13.7. The Hall–Kier alpha value is -2.08. The number of ether oxygens (including phenoxy) is 2. The van der Waals surface area contributed by atoms with E-state index in [4.69, 9.17) is 14.6 Å². The fraction of sp³-hybridized carbons (Fsp3) is 0.385. The van der Waals surface area contributed by atoms with Gasteiger partial charge in [-0.15, -0.1) is 0 Å². The third-order valence-corrected chi connectivity index (χ3v) is 2.91. The van der Waals surface area contributed by atoms with Gasteiger partial charge in [0.15, 0.2) is 0 Å². The zero-order valence-corrected chi connectivity index (χ0v) is 10.2. The van der Waals surface area contributed by atoms with E-state index >= 15 is 0 Å². The standard InChI is InChI=1S/C13H15NO5/c15-6-10-11(8-18-12(10)16)14-13(17)19-7-9-4-2-1-3-5-9/h1-5,10-11,15H,6-8H2,(H,14,17)/t10-,11+/m0/s1. The number of esters is 1. The summed E-state index contributed by atoms with van der Waals surface area (Å²) in [5.41, 5.74) is 0.870. The third-order valence-electron chi connectivity index (χ3n) is 2.91. The van der Waals surface area contributed by atoms with Gasteiger partial charge in [-0.25, -0.2) is 4.79 Å². The molecule has 1 aliphatic rings. The fourth-order valence-electron chi connectivity index (χ4n) is 1.82. The van der Waals surface area contributed by atoms with Crippen LogP contribution >= 0.6 is 0 Å². The van der Waals surface area contributed by atoms with Crippen LogP contribution in [0.2, 0.25) is 0 Å². The number of carbonyl (C=O) groups excluding carboxylic acids is 2. The van der Waals surface area contributed by atoms with Gasteiger partial charge < -0.3 is 19.9 Å². The van der Waals surface area contributed by atoms with Crippen molar-refractivity contribution in [2.75, 3.05) is 13.2 Å². The van der Waals surface area contributed by atoms with Crippen LogP contribution in [0.25, 0.3) is 0 Å². The summed E-state index contributed by atoms with van der Waals surface area (Å²) in [5.74, 6) is -1.22. The number of hydrogen-bond donors (Lipinski definition) is 2. The molecule has 0 radical (unpaired) electrons. The van der Waals surface area contributed by atoms with Crippen LogP contribution in [-0.2, 0) is 20.9 Å². The maximum absolute atomic E-state index is 11.6. The summed E-state index contributed by atoms with van der Waals surface area (Å²) in [6, 6.07) is 8.71. The van der Waals surface area contributed by atoms with Crippen LogP contribution in [0.4, 0.5) is 4.79 Å². The van der Waals surface area contributed by atoms with Gasteiger partial charge in [-0.05, 0) is 5.56 Å². The Balaban J connectivity index is 1.80. The predicted octanol–water partition coefficient (Wildman–Crippen LogP) is 0.447. The van der Waals surface area contributed by atoms with Crippen molar-refractivity contribution < 1.29 is 24.2 Å². The molecule has 0 spiro atoms. The number of alkyl carbamates (subject to hydrolysis) is 1. The van der Waals surface area contributed by atoms with Crippen LogP contribution < -0.4 is 5.32 Å². The largest absolute Gasteiger partial charge is 0.463 e. The summed E-state index contributed by atoms with van der Waals surface area (Å²) in [6.07, 6.45) is -0.634. The van der Waals surface area contributed by atoms with Crippen molar-refractivity contribution >= 4 is 12.1 Å². The monoisotopic (exact) mass is 265 g/mol. The van der Waals surface area contributed by atoms with Gasteiger partial charge in [-0.3, -0.25) is 4.79 Å². The minimum atomic E-state index is -0.718. The van der Waals surface area contributed by atoms with Crippen LogP contribution in [0.1, 0.15) is 5.56 Å². The highest BCUT2D eigenvalue weighted by molar-refractivity contribution is 5.77. The Morgan fingerprint density at radius 1 is 1.42 bits per heavy atom. The topological polar surface area (TPSA) is 84.9 Å². The lowest BCUT2D eigenvalue weighted by molar-refractivity contribution is -0.142. The molecule has 1 fully saturated rings. The molecular formula is C13H15NO5. The van der Waals surface area contributed by atoms with Gasteiger partial charge in [0.05, 0.1) is 12.6 Å². The van der Waals surface area contributed by atoms with E-state index < -0.39 is 24.0 Å². The Morgan fingerprint density at radius 2 is 2.16 bits per heavy atom. The average molecular weight is 265 g/mol. The summed E-state index contributed by atoms with van der Waals surface area (Å²) in [5, 5.41) is 11.5. The Bertz CT molecular complexity index is 448. The zero-order valence-electron chi connectivity index (χ0n) is 10.2. The number of hydrogen-bond acceptors (Lipinski definition) is 5. The van der Waals surface area contributed by atoms with E-state index in [0.717, 1.165) is 5.56 Å². The van der Waals surface area contributed by atoms with E-state index in [1.165, 1.54) is 0 Å². The highest BCUT2D eigenvalue weighted by atomic mass is 16.6. The molecule has 0 saturated carbocycles. The van der Waals surface area contributed by atoms with Gasteiger partial charge in [0.1, 0.15) is 19.1 Å². The number of benzene rings is 1. The quantitative estimate of drug-likeness (QED) is 0.772. The number of rotatable bonds is 4. The number of carbonyl (C=O) groups is 2. The molecule has 2 atom stereocenters. The highest BCUT2D eigenvalue weighted by Gasteiger charge is 2.37. The molecule has 6 heteroatoms. The first kappa shape index (κ1) is 13.4. The molecule has 19 heavy (non-hydrogen) atoms. The second-order valence-corrected chi connectivity index (χ2v) is 4.23. The van der Waals surface area contributed by atoms with Crippen molar-refractivity contribution in [2.24, 2.45) is 5.92 Å². The maximum Gasteiger partial charge on any atom is 0.407 e. The smallest absolute Gasteiger partial charge is 0.407 e. The molecule has 102 valence electrons. The predicted molar refractivity (Wildman–Crippen MR) is 65.1 cm³/mol. The van der Waals surface area contributed by atoms with Crippen LogP contribution in [0, 0.1) is 5.92 Å². The molecule has 0 unspecified atom stereocenters. The molecule has 0 aromatic heterocycles. The molecule has 0 bridgehead atoms. The van der Waals surface area contributed by atoms with Gasteiger partial charge >= 0.3 is 12.1 Å².